The fourth-order valence-corrected chi connectivity index (χ4v) is 5.70. The number of esters is 1. The number of aryl methyl sites for hydroxylation is 2. The molecule has 2 aromatic rings. The SMILES string of the molecule is CCOC(=O)C1=C(CSc2nc3c(cc2C#N)CCCCCC3)OC(=N)C(C#N)C1c1cccc(F)c1. The summed E-state index contributed by atoms with van der Waals surface area (Å²) in [5.74, 6) is -3.36. The molecule has 0 bridgehead atoms. The average molecular weight is 519 g/mol. The summed E-state index contributed by atoms with van der Waals surface area (Å²) in [6.45, 7) is 1.76. The molecule has 1 N–H and O–H groups in total. The van der Waals surface area contributed by atoms with Crippen molar-refractivity contribution in [1.29, 1.82) is 15.9 Å². The molecule has 7 nitrogen and oxygen atoms in total. The Morgan fingerprint density at radius 3 is 2.73 bits per heavy atom. The zero-order chi connectivity index (χ0) is 26.4. The molecule has 4 rings (SSSR count). The Kier molecular flexibility index (Phi) is 8.58. The second kappa shape index (κ2) is 12.0. The lowest BCUT2D eigenvalue weighted by Gasteiger charge is -2.31. The fourth-order valence-electron chi connectivity index (χ4n) is 4.78. The van der Waals surface area contributed by atoms with E-state index in [1.807, 2.05) is 12.1 Å². The summed E-state index contributed by atoms with van der Waals surface area (Å²) in [6, 6.07) is 11.8. The van der Waals surface area contributed by atoms with Crippen molar-refractivity contribution in [2.75, 3.05) is 12.4 Å². The number of hydrogen-bond acceptors (Lipinski definition) is 8. The van der Waals surface area contributed by atoms with Crippen LogP contribution in [0.4, 0.5) is 4.39 Å². The minimum absolute atomic E-state index is 0.0762. The van der Waals surface area contributed by atoms with E-state index in [-0.39, 0.29) is 29.6 Å². The number of nitrogens with one attached hydrogen (secondary N) is 1. The van der Waals surface area contributed by atoms with Crippen LogP contribution in [0.1, 0.15) is 60.9 Å². The van der Waals surface area contributed by atoms with Crippen LogP contribution in [0, 0.1) is 39.8 Å². The number of nitrogens with zero attached hydrogens (tertiary/aromatic N) is 3. The van der Waals surface area contributed by atoms with Crippen molar-refractivity contribution in [1.82, 2.24) is 4.98 Å². The number of carbonyl (C=O) groups is 1. The molecule has 0 saturated carbocycles. The van der Waals surface area contributed by atoms with Crippen LogP contribution >= 0.6 is 11.8 Å². The van der Waals surface area contributed by atoms with Gasteiger partial charge in [-0.1, -0.05) is 36.7 Å². The van der Waals surface area contributed by atoms with E-state index in [0.29, 0.717) is 16.2 Å². The maximum Gasteiger partial charge on any atom is 0.338 e. The molecule has 1 aromatic carbocycles. The summed E-state index contributed by atoms with van der Waals surface area (Å²) < 4.78 is 25.1. The van der Waals surface area contributed by atoms with E-state index in [1.165, 1.54) is 36.4 Å². The van der Waals surface area contributed by atoms with Crippen LogP contribution in [0.25, 0.3) is 0 Å². The minimum atomic E-state index is -1.13. The van der Waals surface area contributed by atoms with Gasteiger partial charge in [0.05, 0.1) is 29.6 Å². The molecule has 2 aliphatic rings. The summed E-state index contributed by atoms with van der Waals surface area (Å²) in [5, 5.41) is 28.5. The molecule has 1 aliphatic heterocycles. The summed E-state index contributed by atoms with van der Waals surface area (Å²) in [6.07, 6.45) is 6.17. The molecule has 0 radical (unpaired) electrons. The van der Waals surface area contributed by atoms with Crippen molar-refractivity contribution in [2.45, 2.75) is 56.4 Å². The van der Waals surface area contributed by atoms with E-state index in [0.717, 1.165) is 43.4 Å². The minimum Gasteiger partial charge on any atom is -0.463 e. The van der Waals surface area contributed by atoms with Crippen LogP contribution in [0.15, 0.2) is 46.7 Å². The van der Waals surface area contributed by atoms with Gasteiger partial charge in [0.25, 0.3) is 0 Å². The van der Waals surface area contributed by atoms with Crippen LogP contribution in [-0.4, -0.2) is 29.2 Å². The molecule has 0 spiro atoms. The van der Waals surface area contributed by atoms with Crippen LogP contribution in [-0.2, 0) is 27.1 Å². The molecule has 9 heteroatoms. The number of halogens is 1. The molecule has 37 heavy (non-hydrogen) atoms. The van der Waals surface area contributed by atoms with Crippen molar-refractivity contribution in [3.8, 4) is 12.1 Å². The highest BCUT2D eigenvalue weighted by molar-refractivity contribution is 7.99. The zero-order valence-corrected chi connectivity index (χ0v) is 21.4. The predicted molar refractivity (Wildman–Crippen MR) is 136 cm³/mol. The molecule has 1 aliphatic carbocycles. The van der Waals surface area contributed by atoms with E-state index in [1.54, 1.807) is 13.0 Å². The number of hydrogen-bond donors (Lipinski definition) is 1. The Bertz CT molecular complexity index is 1330. The van der Waals surface area contributed by atoms with Crippen LogP contribution in [0.5, 0.6) is 0 Å². The lowest BCUT2D eigenvalue weighted by atomic mass is 9.78. The first-order valence-electron chi connectivity index (χ1n) is 12.3. The van der Waals surface area contributed by atoms with E-state index >= 15 is 0 Å². The molecule has 0 saturated heterocycles. The summed E-state index contributed by atoms with van der Waals surface area (Å²) in [7, 11) is 0. The lowest BCUT2D eigenvalue weighted by molar-refractivity contribution is -0.139. The van der Waals surface area contributed by atoms with Gasteiger partial charge < -0.3 is 9.47 Å². The first kappa shape index (κ1) is 26.4. The monoisotopic (exact) mass is 518 g/mol. The summed E-state index contributed by atoms with van der Waals surface area (Å²) in [5.41, 5.74) is 2.99. The van der Waals surface area contributed by atoms with Crippen molar-refractivity contribution in [3.05, 3.63) is 69.9 Å². The maximum atomic E-state index is 14.1. The first-order valence-corrected chi connectivity index (χ1v) is 13.3. The van der Waals surface area contributed by atoms with Crippen molar-refractivity contribution >= 4 is 23.6 Å². The van der Waals surface area contributed by atoms with E-state index in [2.05, 4.69) is 6.07 Å². The van der Waals surface area contributed by atoms with Crippen LogP contribution < -0.4 is 0 Å². The highest BCUT2D eigenvalue weighted by Crippen LogP contribution is 2.41. The van der Waals surface area contributed by atoms with Crippen LogP contribution in [0.2, 0.25) is 0 Å². The van der Waals surface area contributed by atoms with Gasteiger partial charge >= 0.3 is 5.97 Å². The number of aromatic nitrogens is 1. The van der Waals surface area contributed by atoms with Gasteiger partial charge in [-0.25, -0.2) is 14.2 Å². The molecule has 2 heterocycles. The van der Waals surface area contributed by atoms with Gasteiger partial charge in [0.2, 0.25) is 5.90 Å². The second-order valence-corrected chi connectivity index (χ2v) is 9.89. The summed E-state index contributed by atoms with van der Waals surface area (Å²) >= 11 is 1.24. The Morgan fingerprint density at radius 2 is 2.03 bits per heavy atom. The Balaban J connectivity index is 1.75. The third-order valence-corrected chi connectivity index (χ3v) is 7.52. The number of benzene rings is 1. The quantitative estimate of drug-likeness (QED) is 0.391. The van der Waals surface area contributed by atoms with Gasteiger partial charge in [-0.3, -0.25) is 5.41 Å². The normalized spacial score (nSPS) is 19.5. The molecule has 1 aromatic heterocycles. The number of ether oxygens (including phenoxy) is 2. The number of thioether (sulfide) groups is 1. The largest absolute Gasteiger partial charge is 0.463 e. The third-order valence-electron chi connectivity index (χ3n) is 6.53. The molecular formula is C28H27FN4O3S. The lowest BCUT2D eigenvalue weighted by Crippen LogP contribution is -2.34. The van der Waals surface area contributed by atoms with Crippen LogP contribution in [0.3, 0.4) is 0 Å². The molecule has 2 unspecified atom stereocenters. The molecular weight excluding hydrogens is 491 g/mol. The standard InChI is InChI=1S/C28H27FN4O3S/c1-2-35-28(34)25-23(36-26(32)21(15-31)24(25)18-9-7-10-20(29)13-18)16-37-27-19(14-30)12-17-8-5-3-4-6-11-22(17)33-27/h7,9-10,12-13,21,24,32H,2-6,8,11,16H2,1H3. The smallest absolute Gasteiger partial charge is 0.338 e. The highest BCUT2D eigenvalue weighted by Gasteiger charge is 2.42. The third kappa shape index (κ3) is 5.84. The fraction of sp³-hybridized carbons (Fsp3) is 0.393. The van der Waals surface area contributed by atoms with Gasteiger partial charge in [-0.05, 0) is 61.9 Å². The number of fused-ring (bicyclic) bond motifs is 1. The number of carbonyl (C=O) groups excluding carboxylic acids is 1. The van der Waals surface area contributed by atoms with Crippen molar-refractivity contribution in [2.24, 2.45) is 5.92 Å². The molecule has 0 fully saturated rings. The number of rotatable bonds is 6. The molecule has 190 valence electrons. The number of nitriles is 2. The number of pyridine rings is 1. The Labute approximate surface area is 219 Å². The average Bonchev–Trinajstić information content (AvgIpc) is 2.87. The Morgan fingerprint density at radius 1 is 1.24 bits per heavy atom. The van der Waals surface area contributed by atoms with Crippen molar-refractivity contribution in [3.63, 3.8) is 0 Å². The van der Waals surface area contributed by atoms with Gasteiger partial charge in [0.15, 0.2) is 0 Å². The van der Waals surface area contributed by atoms with Gasteiger partial charge in [0.1, 0.15) is 28.6 Å². The maximum absolute atomic E-state index is 14.1. The highest BCUT2D eigenvalue weighted by atomic mass is 32.2. The molecule has 0 amide bonds. The predicted octanol–water partition coefficient (Wildman–Crippen LogP) is 5.59. The zero-order valence-electron chi connectivity index (χ0n) is 20.6. The van der Waals surface area contributed by atoms with E-state index in [4.69, 9.17) is 19.9 Å². The van der Waals surface area contributed by atoms with Gasteiger partial charge in [-0.2, -0.15) is 10.5 Å². The van der Waals surface area contributed by atoms with Gasteiger partial charge in [0, 0.05) is 11.6 Å². The van der Waals surface area contributed by atoms with Crippen molar-refractivity contribution < 1.29 is 18.7 Å². The Hall–Kier alpha value is -3.69. The topological polar surface area (TPSA) is 120 Å². The van der Waals surface area contributed by atoms with E-state index < -0.39 is 23.6 Å². The summed E-state index contributed by atoms with van der Waals surface area (Å²) in [4.78, 5) is 17.9. The molecule has 2 atom stereocenters. The van der Waals surface area contributed by atoms with E-state index in [9.17, 15) is 19.7 Å². The second-order valence-electron chi connectivity index (χ2n) is 8.92. The van der Waals surface area contributed by atoms with Gasteiger partial charge in [-0.15, -0.1) is 0 Å². The first-order chi connectivity index (χ1) is 18.0.